The maximum absolute atomic E-state index is 6.24. The van der Waals surface area contributed by atoms with Crippen molar-refractivity contribution in [2.45, 2.75) is 79.1 Å². The number of ether oxygens (including phenoxy) is 1. The van der Waals surface area contributed by atoms with Crippen LogP contribution in [0.15, 0.2) is 11.5 Å². The monoisotopic (exact) mass is 258 g/mol. The van der Waals surface area contributed by atoms with E-state index in [1.54, 1.807) is 0 Å². The van der Waals surface area contributed by atoms with Crippen LogP contribution in [0.4, 0.5) is 0 Å². The minimum Gasteiger partial charge on any atom is -0.519 e. The molecule has 0 spiro atoms. The summed E-state index contributed by atoms with van der Waals surface area (Å²) in [5, 5.41) is 0.189. The lowest BCUT2D eigenvalue weighted by molar-refractivity contribution is -0.0127. The third kappa shape index (κ3) is 5.62. The van der Waals surface area contributed by atoms with E-state index in [2.05, 4.69) is 33.9 Å². The van der Waals surface area contributed by atoms with E-state index in [0.29, 0.717) is 5.95 Å². The molecule has 0 N–H and O–H groups in total. The molecular weight excluding hydrogens is 228 g/mol. The summed E-state index contributed by atoms with van der Waals surface area (Å²) < 4.78 is 12.2. The van der Waals surface area contributed by atoms with Crippen LogP contribution in [0.25, 0.3) is 0 Å². The van der Waals surface area contributed by atoms with E-state index in [1.165, 1.54) is 0 Å². The predicted molar refractivity (Wildman–Crippen MR) is 77.5 cm³/mol. The molecule has 0 fully saturated rings. The second-order valence-electron chi connectivity index (χ2n) is 7.36. The van der Waals surface area contributed by atoms with E-state index in [0.717, 1.165) is 5.57 Å². The molecule has 17 heavy (non-hydrogen) atoms. The Kier molecular flexibility index (Phi) is 4.92. The molecule has 0 atom stereocenters. The molecule has 0 aliphatic heterocycles. The molecule has 102 valence electrons. The number of rotatable bonds is 3. The van der Waals surface area contributed by atoms with Crippen molar-refractivity contribution in [2.24, 2.45) is 0 Å². The molecule has 0 aliphatic carbocycles. The lowest BCUT2D eigenvalue weighted by Crippen LogP contribution is -2.41. The highest BCUT2D eigenvalue weighted by Gasteiger charge is 2.40. The van der Waals surface area contributed by atoms with Gasteiger partial charge in [-0.25, -0.2) is 0 Å². The van der Waals surface area contributed by atoms with Crippen LogP contribution in [0.1, 0.15) is 55.4 Å². The van der Waals surface area contributed by atoms with Gasteiger partial charge in [0.15, 0.2) is 0 Å². The number of allylic oxidation sites excluding steroid dienone is 1. The SMILES string of the molecule is CC(C)=C(OC(C)(C)C)O[Si](C)(C)C(C)(C)C. The van der Waals surface area contributed by atoms with Gasteiger partial charge in [-0.05, 0) is 52.8 Å². The van der Waals surface area contributed by atoms with Crippen LogP contribution < -0.4 is 0 Å². The highest BCUT2D eigenvalue weighted by Crippen LogP contribution is 2.39. The van der Waals surface area contributed by atoms with Gasteiger partial charge in [-0.1, -0.05) is 20.8 Å². The van der Waals surface area contributed by atoms with Crippen molar-refractivity contribution in [1.29, 1.82) is 0 Å². The molecule has 2 nitrogen and oxygen atoms in total. The van der Waals surface area contributed by atoms with Crippen LogP contribution in [0.5, 0.6) is 0 Å². The van der Waals surface area contributed by atoms with Gasteiger partial charge >= 0.3 is 0 Å². The molecule has 0 saturated heterocycles. The zero-order chi connectivity index (χ0) is 14.1. The van der Waals surface area contributed by atoms with E-state index < -0.39 is 8.32 Å². The van der Waals surface area contributed by atoms with E-state index in [4.69, 9.17) is 9.16 Å². The Labute approximate surface area is 109 Å². The smallest absolute Gasteiger partial charge is 0.264 e. The van der Waals surface area contributed by atoms with Gasteiger partial charge in [-0.2, -0.15) is 0 Å². The average molecular weight is 258 g/mol. The lowest BCUT2D eigenvalue weighted by atomic mass is 10.2. The minimum atomic E-state index is -1.81. The summed E-state index contributed by atoms with van der Waals surface area (Å²) in [5.74, 6) is 0.712. The maximum Gasteiger partial charge on any atom is 0.264 e. The second kappa shape index (κ2) is 5.05. The molecule has 0 aliphatic rings. The lowest BCUT2D eigenvalue weighted by Gasteiger charge is -2.38. The third-order valence-electron chi connectivity index (χ3n) is 2.96. The van der Waals surface area contributed by atoms with Crippen molar-refractivity contribution >= 4 is 8.32 Å². The van der Waals surface area contributed by atoms with Gasteiger partial charge in [-0.15, -0.1) is 0 Å². The Morgan fingerprint density at radius 2 is 1.29 bits per heavy atom. The molecule has 3 heteroatoms. The summed E-state index contributed by atoms with van der Waals surface area (Å²) in [6.45, 7) is 21.4. The van der Waals surface area contributed by atoms with Crippen molar-refractivity contribution in [3.8, 4) is 0 Å². The van der Waals surface area contributed by atoms with E-state index in [1.807, 2.05) is 34.6 Å². The molecular formula is C14H30O2Si. The first-order chi connectivity index (χ1) is 7.26. The Balaban J connectivity index is 5.01. The molecule has 0 bridgehead atoms. The fourth-order valence-electron chi connectivity index (χ4n) is 0.888. The summed E-state index contributed by atoms with van der Waals surface area (Å²) in [6, 6.07) is 0. The number of hydrogen-bond donors (Lipinski definition) is 0. The first-order valence-corrected chi connectivity index (χ1v) is 9.22. The Morgan fingerprint density at radius 3 is 1.53 bits per heavy atom. The van der Waals surface area contributed by atoms with Gasteiger partial charge in [-0.3, -0.25) is 0 Å². The van der Waals surface area contributed by atoms with E-state index in [9.17, 15) is 0 Å². The normalized spacial score (nSPS) is 13.3. The Bertz CT molecular complexity index is 286. The first-order valence-electron chi connectivity index (χ1n) is 6.32. The summed E-state index contributed by atoms with van der Waals surface area (Å²) in [7, 11) is -1.81. The summed E-state index contributed by atoms with van der Waals surface area (Å²) in [6.07, 6.45) is 0. The predicted octanol–water partition coefficient (Wildman–Crippen LogP) is 5.07. The molecule has 0 unspecified atom stereocenters. The van der Waals surface area contributed by atoms with Gasteiger partial charge in [0.2, 0.25) is 0 Å². The van der Waals surface area contributed by atoms with E-state index in [-0.39, 0.29) is 10.6 Å². The summed E-state index contributed by atoms with van der Waals surface area (Å²) in [4.78, 5) is 0. The van der Waals surface area contributed by atoms with Crippen molar-refractivity contribution in [1.82, 2.24) is 0 Å². The van der Waals surface area contributed by atoms with E-state index >= 15 is 0 Å². The summed E-state index contributed by atoms with van der Waals surface area (Å²) >= 11 is 0. The molecule has 0 aromatic rings. The van der Waals surface area contributed by atoms with Crippen LogP contribution in [0.2, 0.25) is 18.1 Å². The summed E-state index contributed by atoms with van der Waals surface area (Å²) in [5.41, 5.74) is 0.888. The van der Waals surface area contributed by atoms with Crippen molar-refractivity contribution in [3.05, 3.63) is 11.5 Å². The molecule has 0 radical (unpaired) electrons. The van der Waals surface area contributed by atoms with Crippen molar-refractivity contribution in [3.63, 3.8) is 0 Å². The van der Waals surface area contributed by atoms with Gasteiger partial charge < -0.3 is 9.16 Å². The van der Waals surface area contributed by atoms with Gasteiger partial charge in [0.25, 0.3) is 14.3 Å². The highest BCUT2D eigenvalue weighted by atomic mass is 28.4. The molecule has 0 aromatic heterocycles. The third-order valence-corrected chi connectivity index (χ3v) is 7.27. The van der Waals surface area contributed by atoms with Crippen molar-refractivity contribution < 1.29 is 9.16 Å². The molecule has 0 amide bonds. The van der Waals surface area contributed by atoms with Crippen LogP contribution in [-0.2, 0) is 9.16 Å². The quantitative estimate of drug-likeness (QED) is 0.519. The zero-order valence-corrected chi connectivity index (χ0v) is 14.3. The minimum absolute atomic E-state index is 0.189. The standard InChI is InChI=1S/C14H30O2Si/c1-11(2)12(15-13(3,4)5)16-17(9,10)14(6,7)8/h1-10H3. The molecule has 0 saturated carbocycles. The second-order valence-corrected chi connectivity index (χ2v) is 12.1. The Morgan fingerprint density at radius 1 is 0.882 bits per heavy atom. The highest BCUT2D eigenvalue weighted by molar-refractivity contribution is 6.74. The topological polar surface area (TPSA) is 18.5 Å². The van der Waals surface area contributed by atoms with Gasteiger partial charge in [0.05, 0.1) is 0 Å². The van der Waals surface area contributed by atoms with Crippen LogP contribution in [0, 0.1) is 0 Å². The van der Waals surface area contributed by atoms with Crippen LogP contribution >= 0.6 is 0 Å². The molecule has 0 heterocycles. The maximum atomic E-state index is 6.24. The fourth-order valence-corrected chi connectivity index (χ4v) is 1.90. The fraction of sp³-hybridized carbons (Fsp3) is 0.857. The largest absolute Gasteiger partial charge is 0.519 e. The number of hydrogen-bond acceptors (Lipinski definition) is 2. The van der Waals surface area contributed by atoms with Crippen LogP contribution in [0.3, 0.4) is 0 Å². The first kappa shape index (κ1) is 16.6. The zero-order valence-electron chi connectivity index (χ0n) is 13.3. The van der Waals surface area contributed by atoms with Crippen LogP contribution in [-0.4, -0.2) is 13.9 Å². The average Bonchev–Trinajstić information content (AvgIpc) is 1.96. The van der Waals surface area contributed by atoms with Gasteiger partial charge in [0, 0.05) is 5.57 Å². The molecule has 0 rings (SSSR count). The van der Waals surface area contributed by atoms with Gasteiger partial charge in [0.1, 0.15) is 5.60 Å². The Hall–Kier alpha value is -0.443. The molecule has 0 aromatic carbocycles. The van der Waals surface area contributed by atoms with Crippen molar-refractivity contribution in [2.75, 3.05) is 0 Å².